The first-order valence-electron chi connectivity index (χ1n) is 15.6. The Bertz CT molecular complexity index is 1730. The number of halogens is 1. The number of hydrogen-bond acceptors (Lipinski definition) is 8. The van der Waals surface area contributed by atoms with Crippen molar-refractivity contribution in [3.63, 3.8) is 0 Å². The number of carbonyl (C=O) groups excluding carboxylic acids is 2. The Balaban J connectivity index is 1.21. The van der Waals surface area contributed by atoms with E-state index in [1.165, 1.54) is 19.2 Å². The van der Waals surface area contributed by atoms with E-state index in [4.69, 9.17) is 19.9 Å². The summed E-state index contributed by atoms with van der Waals surface area (Å²) in [7, 11) is 1.34. The number of hydrogen-bond donors (Lipinski definition) is 2. The number of methoxy groups -OCH3 is 1. The van der Waals surface area contributed by atoms with Crippen molar-refractivity contribution in [2.75, 3.05) is 68.3 Å². The summed E-state index contributed by atoms with van der Waals surface area (Å²) in [5.41, 5.74) is 11.6. The Hall–Kier alpha value is -5.29. The van der Waals surface area contributed by atoms with Gasteiger partial charge >= 0.3 is 6.09 Å². The summed E-state index contributed by atoms with van der Waals surface area (Å²) >= 11 is 0. The number of ether oxygens (including phenoxy) is 3. The fourth-order valence-corrected chi connectivity index (χ4v) is 5.93. The van der Waals surface area contributed by atoms with Crippen molar-refractivity contribution in [2.45, 2.75) is 13.0 Å². The number of amides is 2. The number of fused-ring (bicyclic) bond motifs is 1. The first-order chi connectivity index (χ1) is 22.9. The Morgan fingerprint density at radius 1 is 0.894 bits per heavy atom. The minimum atomic E-state index is -0.556. The maximum Gasteiger partial charge on any atom is 0.411 e. The van der Waals surface area contributed by atoms with Gasteiger partial charge in [-0.1, -0.05) is 24.3 Å². The van der Waals surface area contributed by atoms with E-state index in [9.17, 15) is 14.0 Å². The molecule has 0 spiro atoms. The van der Waals surface area contributed by atoms with Crippen molar-refractivity contribution in [3.8, 4) is 22.6 Å². The van der Waals surface area contributed by atoms with Crippen LogP contribution in [-0.4, -0.2) is 70.1 Å². The summed E-state index contributed by atoms with van der Waals surface area (Å²) in [5.74, 6) is 0.819. The molecule has 47 heavy (non-hydrogen) atoms. The summed E-state index contributed by atoms with van der Waals surface area (Å²) < 4.78 is 29.2. The van der Waals surface area contributed by atoms with Crippen LogP contribution in [0.5, 0.6) is 11.5 Å². The Labute approximate surface area is 273 Å². The molecule has 2 aliphatic heterocycles. The molecule has 1 saturated heterocycles. The van der Waals surface area contributed by atoms with Gasteiger partial charge in [0.1, 0.15) is 5.82 Å². The minimum Gasteiger partial charge on any atom is -0.454 e. The molecule has 2 aliphatic rings. The van der Waals surface area contributed by atoms with Crippen molar-refractivity contribution in [1.82, 2.24) is 4.90 Å². The van der Waals surface area contributed by atoms with E-state index in [0.717, 1.165) is 54.2 Å². The van der Waals surface area contributed by atoms with Crippen LogP contribution in [0.3, 0.4) is 0 Å². The Kier molecular flexibility index (Phi) is 9.72. The number of nitrogens with one attached hydrogen (secondary N) is 1. The van der Waals surface area contributed by atoms with Crippen LogP contribution in [0.1, 0.15) is 22.3 Å². The van der Waals surface area contributed by atoms with E-state index in [1.807, 2.05) is 36.4 Å². The van der Waals surface area contributed by atoms with E-state index in [-0.39, 0.29) is 18.5 Å². The third kappa shape index (κ3) is 7.41. The second-order valence-corrected chi connectivity index (χ2v) is 11.4. The van der Waals surface area contributed by atoms with Crippen molar-refractivity contribution < 1.29 is 28.2 Å². The number of carbonyl (C=O) groups is 2. The van der Waals surface area contributed by atoms with Gasteiger partial charge in [-0.05, 0) is 90.3 Å². The van der Waals surface area contributed by atoms with E-state index in [1.54, 1.807) is 35.2 Å². The number of benzene rings is 4. The van der Waals surface area contributed by atoms with Crippen LogP contribution in [-0.2, 0) is 11.3 Å². The van der Waals surface area contributed by atoms with E-state index >= 15 is 0 Å². The second kappa shape index (κ2) is 14.4. The molecule has 1 fully saturated rings. The molecule has 0 unspecified atom stereocenters. The molecule has 11 heteroatoms. The minimum absolute atomic E-state index is 0.115. The second-order valence-electron chi connectivity index (χ2n) is 11.4. The number of nitrogens with zero attached hydrogens (tertiary/aromatic N) is 3. The van der Waals surface area contributed by atoms with Gasteiger partial charge in [-0.3, -0.25) is 10.1 Å². The predicted octanol–water partition coefficient (Wildman–Crippen LogP) is 5.72. The Morgan fingerprint density at radius 2 is 1.64 bits per heavy atom. The third-order valence-corrected chi connectivity index (χ3v) is 8.40. The van der Waals surface area contributed by atoms with Gasteiger partial charge in [0.25, 0.3) is 5.91 Å². The van der Waals surface area contributed by atoms with Crippen LogP contribution in [0.4, 0.5) is 26.2 Å². The zero-order valence-corrected chi connectivity index (χ0v) is 26.3. The van der Waals surface area contributed by atoms with Gasteiger partial charge < -0.3 is 34.6 Å². The molecule has 0 radical (unpaired) electrons. The summed E-state index contributed by atoms with van der Waals surface area (Å²) in [6.45, 7) is 4.44. The van der Waals surface area contributed by atoms with E-state index < -0.39 is 6.09 Å². The molecule has 0 aromatic heterocycles. The summed E-state index contributed by atoms with van der Waals surface area (Å²) in [4.78, 5) is 32.2. The van der Waals surface area contributed by atoms with E-state index in [2.05, 4.69) is 21.2 Å². The quantitative estimate of drug-likeness (QED) is 0.227. The smallest absolute Gasteiger partial charge is 0.411 e. The number of rotatable bonds is 10. The van der Waals surface area contributed by atoms with Crippen LogP contribution in [0.15, 0.2) is 84.9 Å². The summed E-state index contributed by atoms with van der Waals surface area (Å²) in [6.07, 6.45) is 0.109. The van der Waals surface area contributed by atoms with Crippen molar-refractivity contribution in [2.24, 2.45) is 5.73 Å². The SMILES string of the molecule is COC(=O)Nc1cc(-c2cccc(CN(CCCN)C(=O)c3ccc4c(c3)OCO4)c2)ccc1N1CCN(c2ccc(F)cc2)CC1. The molecule has 0 saturated carbocycles. The molecule has 10 nitrogen and oxygen atoms in total. The molecule has 0 aliphatic carbocycles. The summed E-state index contributed by atoms with van der Waals surface area (Å²) in [5, 5.41) is 2.90. The van der Waals surface area contributed by atoms with Crippen molar-refractivity contribution in [1.29, 1.82) is 0 Å². The highest BCUT2D eigenvalue weighted by Crippen LogP contribution is 2.35. The molecule has 244 valence electrons. The molecule has 3 N–H and O–H groups in total. The van der Waals surface area contributed by atoms with Crippen LogP contribution in [0.2, 0.25) is 0 Å². The zero-order valence-electron chi connectivity index (χ0n) is 26.3. The average Bonchev–Trinajstić information content (AvgIpc) is 3.58. The molecule has 0 atom stereocenters. The summed E-state index contributed by atoms with van der Waals surface area (Å²) in [6, 6.07) is 25.8. The van der Waals surface area contributed by atoms with Gasteiger partial charge in [0, 0.05) is 50.5 Å². The van der Waals surface area contributed by atoms with Gasteiger partial charge in [-0.15, -0.1) is 0 Å². The molecular formula is C36H38FN5O5. The normalized spacial score (nSPS) is 13.8. The molecule has 4 aromatic rings. The van der Waals surface area contributed by atoms with Gasteiger partial charge in [-0.2, -0.15) is 0 Å². The highest BCUT2D eigenvalue weighted by Gasteiger charge is 2.23. The highest BCUT2D eigenvalue weighted by atomic mass is 19.1. The molecular weight excluding hydrogens is 601 g/mol. The van der Waals surface area contributed by atoms with Crippen LogP contribution >= 0.6 is 0 Å². The van der Waals surface area contributed by atoms with Crippen LogP contribution < -0.4 is 30.3 Å². The fraction of sp³-hybridized carbons (Fsp3) is 0.278. The van der Waals surface area contributed by atoms with E-state index in [0.29, 0.717) is 48.8 Å². The lowest BCUT2D eigenvalue weighted by atomic mass is 10.0. The molecule has 2 amide bonds. The lowest BCUT2D eigenvalue weighted by Crippen LogP contribution is -2.46. The molecule has 0 bridgehead atoms. The number of nitrogens with two attached hydrogens (primary N) is 1. The zero-order chi connectivity index (χ0) is 32.8. The standard InChI is InChI=1S/C36H38FN5O5/c1-45-36(44)39-31-21-27(6-12-32(31)41-18-16-40(17-19-41)30-10-8-29(37)9-11-30)26-5-2-4-25(20-26)23-42(15-3-14-38)35(43)28-7-13-33-34(22-28)47-24-46-33/h2,4-13,20-22H,3,14-19,23-24,38H2,1H3,(H,39,44). The fourth-order valence-electron chi connectivity index (χ4n) is 5.93. The maximum absolute atomic E-state index is 13.6. The van der Waals surface area contributed by atoms with Crippen molar-refractivity contribution >= 4 is 29.1 Å². The molecule has 6 rings (SSSR count). The lowest BCUT2D eigenvalue weighted by molar-refractivity contribution is 0.0741. The van der Waals surface area contributed by atoms with Crippen LogP contribution in [0.25, 0.3) is 11.1 Å². The molecule has 4 aromatic carbocycles. The van der Waals surface area contributed by atoms with Gasteiger partial charge in [0.05, 0.1) is 18.5 Å². The largest absolute Gasteiger partial charge is 0.454 e. The predicted molar refractivity (Wildman–Crippen MR) is 180 cm³/mol. The monoisotopic (exact) mass is 639 g/mol. The maximum atomic E-state index is 13.6. The Morgan fingerprint density at radius 3 is 2.40 bits per heavy atom. The highest BCUT2D eigenvalue weighted by molar-refractivity contribution is 5.95. The van der Waals surface area contributed by atoms with Crippen LogP contribution in [0, 0.1) is 5.82 Å². The third-order valence-electron chi connectivity index (χ3n) is 8.40. The van der Waals surface area contributed by atoms with Gasteiger partial charge in [-0.25, -0.2) is 9.18 Å². The average molecular weight is 640 g/mol. The van der Waals surface area contributed by atoms with Gasteiger partial charge in [0.15, 0.2) is 11.5 Å². The number of piperazine rings is 1. The number of anilines is 3. The molecule has 2 heterocycles. The first-order valence-corrected chi connectivity index (χ1v) is 15.6. The first kappa shape index (κ1) is 31.7. The topological polar surface area (TPSA) is 110 Å². The lowest BCUT2D eigenvalue weighted by Gasteiger charge is -2.38. The van der Waals surface area contributed by atoms with Gasteiger partial charge in [0.2, 0.25) is 6.79 Å². The van der Waals surface area contributed by atoms with Crippen molar-refractivity contribution in [3.05, 3.63) is 102 Å².